The summed E-state index contributed by atoms with van der Waals surface area (Å²) in [5, 5.41) is 16.3. The highest BCUT2D eigenvalue weighted by Gasteiger charge is 2.13. The highest BCUT2D eigenvalue weighted by molar-refractivity contribution is 7.76. The largest absolute Gasteiger partial charge is 0.760 e. The molecule has 0 fully saturated rings. The summed E-state index contributed by atoms with van der Waals surface area (Å²) in [5.41, 5.74) is 0. The minimum atomic E-state index is -2.82. The third-order valence-corrected chi connectivity index (χ3v) is 1.51. The molecule has 0 aromatic rings. The van der Waals surface area contributed by atoms with Gasteiger partial charge in [-0.3, -0.25) is 13.8 Å². The Balaban J connectivity index is 4.14. The third-order valence-electron chi connectivity index (χ3n) is 0.834. The van der Waals surface area contributed by atoms with Crippen molar-refractivity contribution in [2.75, 3.05) is 13.1 Å². The minimum absolute atomic E-state index is 0.282. The van der Waals surface area contributed by atoms with Crippen LogP contribution in [0.1, 0.15) is 0 Å². The van der Waals surface area contributed by atoms with Crippen molar-refractivity contribution in [3.63, 3.8) is 0 Å². The Morgan fingerprint density at radius 1 is 1.25 bits per heavy atom. The van der Waals surface area contributed by atoms with Crippen LogP contribution in [0, 0.1) is 0 Å². The van der Waals surface area contributed by atoms with E-state index in [1.165, 1.54) is 0 Å². The van der Waals surface area contributed by atoms with Crippen LogP contribution < -0.4 is 0 Å². The maximum Gasteiger partial charge on any atom is 0.318 e. The number of hydrogen-bond donors (Lipinski definition) is 2. The van der Waals surface area contributed by atoms with E-state index in [1.807, 2.05) is 0 Å². The fourth-order valence-electron chi connectivity index (χ4n) is 0.463. The van der Waals surface area contributed by atoms with Crippen molar-refractivity contribution in [2.24, 2.45) is 0 Å². The summed E-state index contributed by atoms with van der Waals surface area (Å²) in [7, 11) is 0. The highest BCUT2D eigenvalue weighted by atomic mass is 32.2. The van der Waals surface area contributed by atoms with Crippen molar-refractivity contribution in [1.82, 2.24) is 4.31 Å². The standard InChI is InChI=1S/C4H7NO6S/c6-3(7)1-5(12(10)11)2-4(8)9/h1-2H2,(H,6,7)(H,8,9)(H,10,11)/p-1. The van der Waals surface area contributed by atoms with E-state index < -0.39 is 36.3 Å². The van der Waals surface area contributed by atoms with Gasteiger partial charge in [-0.05, 0) is 0 Å². The van der Waals surface area contributed by atoms with Crippen LogP contribution in [0.3, 0.4) is 0 Å². The molecule has 8 heteroatoms. The molecule has 0 spiro atoms. The molecule has 0 bridgehead atoms. The number of carboxylic acids is 2. The number of aliphatic carboxylic acids is 2. The predicted molar refractivity (Wildman–Crippen MR) is 35.8 cm³/mol. The zero-order valence-corrected chi connectivity index (χ0v) is 6.61. The summed E-state index contributed by atoms with van der Waals surface area (Å²) < 4.78 is 20.6. The molecule has 0 aliphatic rings. The van der Waals surface area contributed by atoms with Gasteiger partial charge in [-0.25, -0.2) is 4.31 Å². The van der Waals surface area contributed by atoms with Crippen molar-refractivity contribution in [2.45, 2.75) is 0 Å². The molecule has 0 aliphatic heterocycles. The van der Waals surface area contributed by atoms with Crippen LogP contribution in [0.2, 0.25) is 0 Å². The Morgan fingerprint density at radius 2 is 1.58 bits per heavy atom. The Hall–Kier alpha value is -0.990. The first-order valence-electron chi connectivity index (χ1n) is 2.71. The van der Waals surface area contributed by atoms with Crippen molar-refractivity contribution >= 4 is 23.2 Å². The molecule has 12 heavy (non-hydrogen) atoms. The lowest BCUT2D eigenvalue weighted by Gasteiger charge is -2.19. The summed E-state index contributed by atoms with van der Waals surface area (Å²) in [4.78, 5) is 20.0. The van der Waals surface area contributed by atoms with Crippen molar-refractivity contribution < 1.29 is 28.6 Å². The second kappa shape index (κ2) is 4.80. The summed E-state index contributed by atoms with van der Waals surface area (Å²) in [5.74, 6) is -2.80. The normalized spacial score (nSPS) is 12.8. The van der Waals surface area contributed by atoms with Gasteiger partial charge in [0.05, 0.1) is 0 Å². The van der Waals surface area contributed by atoms with E-state index in [9.17, 15) is 18.4 Å². The molecule has 0 saturated heterocycles. The van der Waals surface area contributed by atoms with Crippen LogP contribution in [0.4, 0.5) is 0 Å². The second-order valence-electron chi connectivity index (χ2n) is 1.80. The topological polar surface area (TPSA) is 118 Å². The first-order valence-corrected chi connectivity index (χ1v) is 3.74. The summed E-state index contributed by atoms with van der Waals surface area (Å²) in [6.45, 7) is -1.69. The van der Waals surface area contributed by atoms with Gasteiger partial charge >= 0.3 is 11.9 Å². The predicted octanol–water partition coefficient (Wildman–Crippen LogP) is -1.75. The molecule has 7 nitrogen and oxygen atoms in total. The molecule has 0 aromatic heterocycles. The van der Waals surface area contributed by atoms with E-state index in [4.69, 9.17) is 10.2 Å². The van der Waals surface area contributed by atoms with E-state index in [-0.39, 0.29) is 4.31 Å². The fraction of sp³-hybridized carbons (Fsp3) is 0.500. The van der Waals surface area contributed by atoms with E-state index in [2.05, 4.69) is 0 Å². The highest BCUT2D eigenvalue weighted by Crippen LogP contribution is 1.90. The number of hydrogen-bond acceptors (Lipinski definition) is 4. The number of nitrogens with zero attached hydrogens (tertiary/aromatic N) is 1. The zero-order valence-electron chi connectivity index (χ0n) is 5.80. The third kappa shape index (κ3) is 4.77. The van der Waals surface area contributed by atoms with Crippen LogP contribution in [0.15, 0.2) is 0 Å². The lowest BCUT2D eigenvalue weighted by atomic mass is 10.6. The molecule has 0 aliphatic carbocycles. The SMILES string of the molecule is O=C(O)CN(CC(=O)O)S(=O)[O-]. The van der Waals surface area contributed by atoms with Gasteiger partial charge in [-0.1, -0.05) is 0 Å². The van der Waals surface area contributed by atoms with E-state index in [1.54, 1.807) is 0 Å². The van der Waals surface area contributed by atoms with Crippen LogP contribution in [-0.2, 0) is 20.9 Å². The summed E-state index contributed by atoms with van der Waals surface area (Å²) in [6, 6.07) is 0. The van der Waals surface area contributed by atoms with Gasteiger partial charge in [0, 0.05) is 11.3 Å². The van der Waals surface area contributed by atoms with E-state index in [0.29, 0.717) is 0 Å². The molecule has 1 unspecified atom stereocenters. The summed E-state index contributed by atoms with van der Waals surface area (Å²) in [6.07, 6.45) is 0. The molecule has 0 saturated carbocycles. The Kier molecular flexibility index (Phi) is 4.40. The maximum absolute atomic E-state index is 10.2. The van der Waals surface area contributed by atoms with Gasteiger partial charge in [0.2, 0.25) is 0 Å². The molecule has 0 radical (unpaired) electrons. The molecule has 1 atom stereocenters. The Morgan fingerprint density at radius 3 is 1.75 bits per heavy atom. The smallest absolute Gasteiger partial charge is 0.318 e. The van der Waals surface area contributed by atoms with Gasteiger partial charge in [0.1, 0.15) is 13.1 Å². The maximum atomic E-state index is 10.2. The molecule has 70 valence electrons. The van der Waals surface area contributed by atoms with Crippen LogP contribution in [0.25, 0.3) is 0 Å². The molecular weight excluding hydrogens is 190 g/mol. The molecule has 0 amide bonds. The van der Waals surface area contributed by atoms with Crippen LogP contribution >= 0.6 is 0 Å². The molecule has 2 N–H and O–H groups in total. The number of carbonyl (C=O) groups is 2. The van der Waals surface area contributed by atoms with Crippen molar-refractivity contribution in [3.8, 4) is 0 Å². The Labute approximate surface area is 70.0 Å². The van der Waals surface area contributed by atoms with Crippen molar-refractivity contribution in [3.05, 3.63) is 0 Å². The van der Waals surface area contributed by atoms with Crippen LogP contribution in [-0.4, -0.2) is 48.3 Å². The Bertz CT molecular complexity index is 200. The minimum Gasteiger partial charge on any atom is -0.760 e. The molecule has 0 rings (SSSR count). The fourth-order valence-corrected chi connectivity index (χ4v) is 0.895. The van der Waals surface area contributed by atoms with Gasteiger partial charge in [0.15, 0.2) is 0 Å². The molecule has 0 heterocycles. The van der Waals surface area contributed by atoms with Gasteiger partial charge in [-0.15, -0.1) is 0 Å². The summed E-state index contributed by atoms with van der Waals surface area (Å²) >= 11 is -2.82. The number of rotatable bonds is 5. The van der Waals surface area contributed by atoms with Gasteiger partial charge in [0.25, 0.3) is 0 Å². The first-order chi connectivity index (χ1) is 5.43. The number of carboxylic acid groups (broad SMARTS) is 2. The molecular formula is C4H6NO6S-. The van der Waals surface area contributed by atoms with Crippen LogP contribution in [0.5, 0.6) is 0 Å². The van der Waals surface area contributed by atoms with Gasteiger partial charge < -0.3 is 14.8 Å². The lowest BCUT2D eigenvalue weighted by molar-refractivity contribution is -0.139. The van der Waals surface area contributed by atoms with E-state index in [0.717, 1.165) is 0 Å². The average molecular weight is 196 g/mol. The lowest BCUT2D eigenvalue weighted by Crippen LogP contribution is -2.35. The molecule has 0 aromatic carbocycles. The van der Waals surface area contributed by atoms with Crippen molar-refractivity contribution in [1.29, 1.82) is 0 Å². The monoisotopic (exact) mass is 196 g/mol. The quantitative estimate of drug-likeness (QED) is 0.503. The van der Waals surface area contributed by atoms with Gasteiger partial charge in [-0.2, -0.15) is 0 Å². The zero-order chi connectivity index (χ0) is 9.72. The first kappa shape index (κ1) is 11.0. The average Bonchev–Trinajstić information content (AvgIpc) is 1.83. The second-order valence-corrected chi connectivity index (χ2v) is 2.75. The van der Waals surface area contributed by atoms with E-state index >= 15 is 0 Å².